The van der Waals surface area contributed by atoms with Gasteiger partial charge in [-0.2, -0.15) is 0 Å². The molecule has 0 amide bonds. The summed E-state index contributed by atoms with van der Waals surface area (Å²) in [5.41, 5.74) is 0. The number of aromatic nitrogens is 1. The van der Waals surface area contributed by atoms with Gasteiger partial charge in [0.1, 0.15) is 5.82 Å². The average Bonchev–Trinajstić information content (AvgIpc) is 2.03. The van der Waals surface area contributed by atoms with E-state index < -0.39 is 0 Å². The average molecular weight is 229 g/mol. The third-order valence-corrected chi connectivity index (χ3v) is 2.08. The van der Waals surface area contributed by atoms with Crippen LogP contribution in [0.2, 0.25) is 0 Å². The number of rotatable bonds is 3. The molecule has 0 aliphatic carbocycles. The molecule has 0 fully saturated rings. The summed E-state index contributed by atoms with van der Waals surface area (Å²) in [4.78, 5) is 4.19. The van der Waals surface area contributed by atoms with Crippen LogP contribution in [-0.4, -0.2) is 11.5 Å². The van der Waals surface area contributed by atoms with Crippen molar-refractivity contribution in [1.29, 1.82) is 0 Å². The quantitative estimate of drug-likeness (QED) is 0.861. The predicted molar refractivity (Wildman–Crippen MR) is 55.3 cm³/mol. The lowest BCUT2D eigenvalue weighted by molar-refractivity contribution is 0.687. The summed E-state index contributed by atoms with van der Waals surface area (Å²) in [6.45, 7) is 5.29. The van der Waals surface area contributed by atoms with Crippen LogP contribution in [0, 0.1) is 5.92 Å². The van der Waals surface area contributed by atoms with Crippen LogP contribution in [0.4, 0.5) is 5.82 Å². The Hall–Kier alpha value is -0.570. The summed E-state index contributed by atoms with van der Waals surface area (Å²) < 4.78 is 1.02. The molecule has 1 aromatic heterocycles. The van der Waals surface area contributed by atoms with Crippen molar-refractivity contribution >= 4 is 21.7 Å². The number of hydrogen-bond acceptors (Lipinski definition) is 2. The van der Waals surface area contributed by atoms with Gasteiger partial charge < -0.3 is 5.32 Å². The van der Waals surface area contributed by atoms with Crippen LogP contribution in [0.5, 0.6) is 0 Å². The second-order valence-electron chi connectivity index (χ2n) is 3.11. The molecule has 0 aliphatic rings. The number of halogens is 1. The summed E-state index contributed by atoms with van der Waals surface area (Å²) in [6, 6.07) is 3.89. The van der Waals surface area contributed by atoms with Crippen LogP contribution in [-0.2, 0) is 0 Å². The fraction of sp³-hybridized carbons (Fsp3) is 0.444. The molecular formula is C9H13BrN2. The topological polar surface area (TPSA) is 24.9 Å². The highest BCUT2D eigenvalue weighted by Gasteiger charge is 1.99. The van der Waals surface area contributed by atoms with E-state index in [1.54, 1.807) is 6.20 Å². The molecule has 0 aromatic carbocycles. The Labute approximate surface area is 81.5 Å². The van der Waals surface area contributed by atoms with Crippen LogP contribution in [0.1, 0.15) is 13.8 Å². The van der Waals surface area contributed by atoms with Crippen molar-refractivity contribution in [2.24, 2.45) is 5.92 Å². The highest BCUT2D eigenvalue weighted by molar-refractivity contribution is 9.10. The lowest BCUT2D eigenvalue weighted by Gasteiger charge is -2.08. The summed E-state index contributed by atoms with van der Waals surface area (Å²) in [5.74, 6) is 1.56. The van der Waals surface area contributed by atoms with Gasteiger partial charge in [0.05, 0.1) is 4.47 Å². The SMILES string of the molecule is CC(C)CNc1ncccc1Br. The van der Waals surface area contributed by atoms with E-state index in [0.717, 1.165) is 16.8 Å². The molecule has 3 heteroatoms. The smallest absolute Gasteiger partial charge is 0.140 e. The molecule has 66 valence electrons. The zero-order chi connectivity index (χ0) is 8.97. The van der Waals surface area contributed by atoms with E-state index in [1.807, 2.05) is 12.1 Å². The van der Waals surface area contributed by atoms with Crippen molar-refractivity contribution < 1.29 is 0 Å². The van der Waals surface area contributed by atoms with Gasteiger partial charge in [-0.25, -0.2) is 4.98 Å². The third-order valence-electron chi connectivity index (χ3n) is 1.44. The fourth-order valence-electron chi connectivity index (χ4n) is 0.817. The van der Waals surface area contributed by atoms with E-state index in [9.17, 15) is 0 Å². The van der Waals surface area contributed by atoms with Crippen LogP contribution >= 0.6 is 15.9 Å². The Morgan fingerprint density at radius 3 is 2.92 bits per heavy atom. The maximum atomic E-state index is 4.19. The Morgan fingerprint density at radius 1 is 1.58 bits per heavy atom. The van der Waals surface area contributed by atoms with Gasteiger partial charge in [0.2, 0.25) is 0 Å². The number of anilines is 1. The molecule has 0 spiro atoms. The Kier molecular flexibility index (Phi) is 3.53. The summed E-state index contributed by atoms with van der Waals surface area (Å²) in [7, 11) is 0. The first-order chi connectivity index (χ1) is 5.70. The van der Waals surface area contributed by atoms with Crippen LogP contribution in [0.3, 0.4) is 0 Å². The van der Waals surface area contributed by atoms with E-state index in [-0.39, 0.29) is 0 Å². The molecule has 1 rings (SSSR count). The number of hydrogen-bond donors (Lipinski definition) is 1. The first kappa shape index (κ1) is 9.52. The molecule has 1 aromatic rings. The summed E-state index contributed by atoms with van der Waals surface area (Å²) in [5, 5.41) is 3.25. The van der Waals surface area contributed by atoms with Crippen LogP contribution in [0.25, 0.3) is 0 Å². The van der Waals surface area contributed by atoms with Crippen molar-refractivity contribution in [3.63, 3.8) is 0 Å². The van der Waals surface area contributed by atoms with Crippen molar-refractivity contribution in [2.45, 2.75) is 13.8 Å². The monoisotopic (exact) mass is 228 g/mol. The van der Waals surface area contributed by atoms with Gasteiger partial charge in [0, 0.05) is 12.7 Å². The molecule has 0 unspecified atom stereocenters. The lowest BCUT2D eigenvalue weighted by Crippen LogP contribution is -2.09. The van der Waals surface area contributed by atoms with E-state index in [0.29, 0.717) is 5.92 Å². The van der Waals surface area contributed by atoms with E-state index in [2.05, 4.69) is 40.1 Å². The second-order valence-corrected chi connectivity index (χ2v) is 3.96. The van der Waals surface area contributed by atoms with E-state index in [4.69, 9.17) is 0 Å². The largest absolute Gasteiger partial charge is 0.369 e. The van der Waals surface area contributed by atoms with Gasteiger partial charge in [-0.15, -0.1) is 0 Å². The molecule has 0 aliphatic heterocycles. The Morgan fingerprint density at radius 2 is 2.33 bits per heavy atom. The second kappa shape index (κ2) is 4.45. The van der Waals surface area contributed by atoms with Gasteiger partial charge in [-0.3, -0.25) is 0 Å². The van der Waals surface area contributed by atoms with Crippen molar-refractivity contribution in [3.05, 3.63) is 22.8 Å². The van der Waals surface area contributed by atoms with Gasteiger partial charge in [0.25, 0.3) is 0 Å². The third kappa shape index (κ3) is 2.81. The van der Waals surface area contributed by atoms with Gasteiger partial charge in [0.15, 0.2) is 0 Å². The molecule has 12 heavy (non-hydrogen) atoms. The minimum Gasteiger partial charge on any atom is -0.369 e. The van der Waals surface area contributed by atoms with Crippen molar-refractivity contribution in [1.82, 2.24) is 4.98 Å². The normalized spacial score (nSPS) is 10.3. The first-order valence-electron chi connectivity index (χ1n) is 4.04. The highest BCUT2D eigenvalue weighted by Crippen LogP contribution is 2.18. The van der Waals surface area contributed by atoms with Gasteiger partial charge >= 0.3 is 0 Å². The molecule has 0 saturated heterocycles. The predicted octanol–water partition coefficient (Wildman–Crippen LogP) is 2.91. The maximum absolute atomic E-state index is 4.19. The van der Waals surface area contributed by atoms with E-state index in [1.165, 1.54) is 0 Å². The number of nitrogens with zero attached hydrogens (tertiary/aromatic N) is 1. The highest BCUT2D eigenvalue weighted by atomic mass is 79.9. The Balaban J connectivity index is 2.57. The molecule has 2 nitrogen and oxygen atoms in total. The zero-order valence-corrected chi connectivity index (χ0v) is 8.93. The molecule has 0 bridgehead atoms. The first-order valence-corrected chi connectivity index (χ1v) is 4.84. The Bertz CT molecular complexity index is 248. The molecule has 1 heterocycles. The van der Waals surface area contributed by atoms with Crippen molar-refractivity contribution in [2.75, 3.05) is 11.9 Å². The summed E-state index contributed by atoms with van der Waals surface area (Å²) >= 11 is 3.42. The molecule has 0 saturated carbocycles. The number of nitrogens with one attached hydrogen (secondary N) is 1. The van der Waals surface area contributed by atoms with E-state index >= 15 is 0 Å². The molecular weight excluding hydrogens is 216 g/mol. The zero-order valence-electron chi connectivity index (χ0n) is 7.34. The standard InChI is InChI=1S/C9H13BrN2/c1-7(2)6-12-9-8(10)4-3-5-11-9/h3-5,7H,6H2,1-2H3,(H,11,12). The van der Waals surface area contributed by atoms with Crippen LogP contribution in [0.15, 0.2) is 22.8 Å². The molecule has 0 radical (unpaired) electrons. The van der Waals surface area contributed by atoms with Crippen LogP contribution < -0.4 is 5.32 Å². The van der Waals surface area contributed by atoms with Gasteiger partial charge in [-0.1, -0.05) is 13.8 Å². The maximum Gasteiger partial charge on any atom is 0.140 e. The van der Waals surface area contributed by atoms with Crippen molar-refractivity contribution in [3.8, 4) is 0 Å². The molecule has 0 atom stereocenters. The summed E-state index contributed by atoms with van der Waals surface area (Å²) in [6.07, 6.45) is 1.79. The minimum absolute atomic E-state index is 0.638. The fourth-order valence-corrected chi connectivity index (χ4v) is 1.21. The lowest BCUT2D eigenvalue weighted by atomic mass is 10.2. The number of pyridine rings is 1. The molecule has 1 N–H and O–H groups in total. The minimum atomic E-state index is 0.638. The van der Waals surface area contributed by atoms with Gasteiger partial charge in [-0.05, 0) is 34.0 Å².